The van der Waals surface area contributed by atoms with E-state index in [-0.39, 0.29) is 19.0 Å². The molecule has 0 fully saturated rings. The van der Waals surface area contributed by atoms with Crippen molar-refractivity contribution in [3.8, 4) is 22.9 Å². The maximum absolute atomic E-state index is 13.2. The molecule has 0 saturated heterocycles. The average Bonchev–Trinajstić information content (AvgIpc) is 3.43. The first kappa shape index (κ1) is 23.4. The van der Waals surface area contributed by atoms with Gasteiger partial charge in [-0.25, -0.2) is 9.78 Å². The van der Waals surface area contributed by atoms with E-state index in [9.17, 15) is 9.59 Å². The lowest BCUT2D eigenvalue weighted by Crippen LogP contribution is -2.25. The van der Waals surface area contributed by atoms with Gasteiger partial charge >= 0.3 is 6.16 Å². The molecule has 2 aromatic heterocycles. The van der Waals surface area contributed by atoms with E-state index in [1.54, 1.807) is 11.5 Å². The number of benzene rings is 1. The standard InChI is InChI=1S/C23H23N3O6.C2H6/c1-3-4-5-12-13-8-26-16(6-11(2)14(22(26)27)9-30-23(28)29)20(13)25-15-7-17-21(32-10-31-17)19(24)18(12)15;1-2/h6-7H,3-5,8-10,24H2,1-2H3,(H,28,29);1-2H3. The molecular formula is C25H29N3O6. The number of aryl methyl sites for hydroxylation is 2. The highest BCUT2D eigenvalue weighted by Gasteiger charge is 2.30. The van der Waals surface area contributed by atoms with Crippen LogP contribution < -0.4 is 20.8 Å². The fraction of sp³-hybridized carbons (Fsp3) is 0.400. The molecule has 180 valence electrons. The number of nitrogens with zero attached hydrogens (tertiary/aromatic N) is 2. The van der Waals surface area contributed by atoms with Gasteiger partial charge < -0.3 is 29.6 Å². The molecule has 0 unspecified atom stereocenters. The van der Waals surface area contributed by atoms with Gasteiger partial charge in [-0.3, -0.25) is 4.79 Å². The lowest BCUT2D eigenvalue weighted by Gasteiger charge is -2.15. The highest BCUT2D eigenvalue weighted by Crippen LogP contribution is 2.46. The van der Waals surface area contributed by atoms with Crippen molar-refractivity contribution in [2.45, 2.75) is 60.1 Å². The van der Waals surface area contributed by atoms with E-state index in [0.29, 0.717) is 46.1 Å². The lowest BCUT2D eigenvalue weighted by molar-refractivity contribution is 0.0848. The Morgan fingerprint density at radius 2 is 2.03 bits per heavy atom. The average molecular weight is 468 g/mol. The maximum Gasteiger partial charge on any atom is 0.506 e. The third-order valence-corrected chi connectivity index (χ3v) is 6.17. The van der Waals surface area contributed by atoms with Gasteiger partial charge in [0.25, 0.3) is 5.56 Å². The first-order valence-electron chi connectivity index (χ1n) is 11.5. The molecule has 2 aliphatic rings. The van der Waals surface area contributed by atoms with Crippen LogP contribution in [-0.2, 0) is 24.3 Å². The minimum atomic E-state index is -1.42. The summed E-state index contributed by atoms with van der Waals surface area (Å²) >= 11 is 0. The van der Waals surface area contributed by atoms with Gasteiger partial charge in [-0.1, -0.05) is 27.2 Å². The number of carbonyl (C=O) groups is 1. The van der Waals surface area contributed by atoms with Crippen LogP contribution in [0.1, 0.15) is 55.9 Å². The summed E-state index contributed by atoms with van der Waals surface area (Å²) in [4.78, 5) is 28.9. The van der Waals surface area contributed by atoms with Gasteiger partial charge in [0.1, 0.15) is 6.61 Å². The van der Waals surface area contributed by atoms with Crippen LogP contribution in [0.2, 0.25) is 0 Å². The molecule has 0 bridgehead atoms. The molecular weight excluding hydrogens is 438 g/mol. The van der Waals surface area contributed by atoms with Crippen LogP contribution in [0.25, 0.3) is 22.3 Å². The highest BCUT2D eigenvalue weighted by molar-refractivity contribution is 6.01. The van der Waals surface area contributed by atoms with Crippen molar-refractivity contribution < 1.29 is 24.1 Å². The van der Waals surface area contributed by atoms with Crippen LogP contribution in [0.15, 0.2) is 16.9 Å². The van der Waals surface area contributed by atoms with Crippen LogP contribution in [0.3, 0.4) is 0 Å². The van der Waals surface area contributed by atoms with Crippen LogP contribution in [-0.4, -0.2) is 27.6 Å². The number of aromatic nitrogens is 2. The van der Waals surface area contributed by atoms with Gasteiger partial charge in [0, 0.05) is 17.0 Å². The molecule has 2 aliphatic heterocycles. The third-order valence-electron chi connectivity index (χ3n) is 6.17. The van der Waals surface area contributed by atoms with Crippen LogP contribution >= 0.6 is 0 Å². The first-order chi connectivity index (χ1) is 16.4. The second-order valence-corrected chi connectivity index (χ2v) is 8.08. The highest BCUT2D eigenvalue weighted by atomic mass is 16.7. The van der Waals surface area contributed by atoms with Crippen LogP contribution in [0.5, 0.6) is 11.5 Å². The Balaban J connectivity index is 0.00000133. The molecule has 0 spiro atoms. The molecule has 0 amide bonds. The molecule has 9 heteroatoms. The molecule has 0 atom stereocenters. The Bertz CT molecular complexity index is 1350. The number of anilines is 1. The van der Waals surface area contributed by atoms with E-state index in [2.05, 4.69) is 11.7 Å². The first-order valence-corrected chi connectivity index (χ1v) is 11.5. The second kappa shape index (κ2) is 9.24. The molecule has 0 radical (unpaired) electrons. The normalized spacial score (nSPS) is 12.7. The summed E-state index contributed by atoms with van der Waals surface area (Å²) < 4.78 is 17.4. The number of hydrogen-bond donors (Lipinski definition) is 2. The minimum Gasteiger partial charge on any atom is -0.453 e. The molecule has 1 aromatic carbocycles. The van der Waals surface area contributed by atoms with Crippen molar-refractivity contribution in [1.82, 2.24) is 9.55 Å². The molecule has 3 aromatic rings. The van der Waals surface area contributed by atoms with Gasteiger partial charge in [0.15, 0.2) is 11.5 Å². The van der Waals surface area contributed by atoms with Gasteiger partial charge in [-0.15, -0.1) is 0 Å². The number of unbranched alkanes of at least 4 members (excludes halogenated alkanes) is 1. The quantitative estimate of drug-likeness (QED) is 0.322. The predicted molar refractivity (Wildman–Crippen MR) is 129 cm³/mol. The number of fused-ring (bicyclic) bond motifs is 5. The smallest absolute Gasteiger partial charge is 0.453 e. The molecule has 3 N–H and O–H groups in total. The molecule has 4 heterocycles. The largest absolute Gasteiger partial charge is 0.506 e. The Morgan fingerprint density at radius 3 is 2.74 bits per heavy atom. The Labute approximate surface area is 197 Å². The molecule has 34 heavy (non-hydrogen) atoms. The summed E-state index contributed by atoms with van der Waals surface area (Å²) in [6, 6.07) is 3.71. The zero-order valence-corrected chi connectivity index (χ0v) is 19.9. The Morgan fingerprint density at radius 1 is 1.26 bits per heavy atom. The van der Waals surface area contributed by atoms with Crippen LogP contribution in [0, 0.1) is 6.92 Å². The van der Waals surface area contributed by atoms with Crippen molar-refractivity contribution in [3.05, 3.63) is 44.7 Å². The number of pyridine rings is 2. The van der Waals surface area contributed by atoms with Crippen LogP contribution in [0.4, 0.5) is 10.5 Å². The van der Waals surface area contributed by atoms with Crippen molar-refractivity contribution in [2.75, 3.05) is 12.5 Å². The van der Waals surface area contributed by atoms with E-state index in [1.165, 1.54) is 0 Å². The zero-order chi connectivity index (χ0) is 24.6. The fourth-order valence-electron chi connectivity index (χ4n) is 4.58. The lowest BCUT2D eigenvalue weighted by atomic mass is 9.94. The SMILES string of the molecule is CC.CCCCc1c2c(nc3cc4c(c(N)c13)OCO4)-c1cc(C)c(COC(=O)O)c(=O)n1C2. The minimum absolute atomic E-state index is 0.123. The van der Waals surface area contributed by atoms with Crippen molar-refractivity contribution >= 4 is 22.7 Å². The van der Waals surface area contributed by atoms with Gasteiger partial charge in [0.2, 0.25) is 6.79 Å². The second-order valence-electron chi connectivity index (χ2n) is 8.08. The number of nitrogens with two attached hydrogens (primary N) is 1. The van der Waals surface area contributed by atoms with Crippen molar-refractivity contribution in [3.63, 3.8) is 0 Å². The van der Waals surface area contributed by atoms with Gasteiger partial charge in [-0.2, -0.15) is 0 Å². The third kappa shape index (κ3) is 3.70. The monoisotopic (exact) mass is 467 g/mol. The number of hydrogen-bond acceptors (Lipinski definition) is 7. The number of nitrogen functional groups attached to an aromatic ring is 1. The topological polar surface area (TPSA) is 126 Å². The van der Waals surface area contributed by atoms with Gasteiger partial charge in [0.05, 0.1) is 34.7 Å². The number of rotatable bonds is 5. The van der Waals surface area contributed by atoms with Gasteiger partial charge in [-0.05, 0) is 37.0 Å². The summed E-state index contributed by atoms with van der Waals surface area (Å²) in [7, 11) is 0. The van der Waals surface area contributed by atoms with E-state index in [4.69, 9.17) is 25.3 Å². The molecule has 5 rings (SSSR count). The fourth-order valence-corrected chi connectivity index (χ4v) is 4.58. The molecule has 9 nitrogen and oxygen atoms in total. The number of carboxylic acid groups (broad SMARTS) is 1. The van der Waals surface area contributed by atoms with E-state index in [0.717, 1.165) is 41.5 Å². The van der Waals surface area contributed by atoms with E-state index in [1.807, 2.05) is 26.0 Å². The van der Waals surface area contributed by atoms with E-state index >= 15 is 0 Å². The zero-order valence-electron chi connectivity index (χ0n) is 19.9. The Kier molecular flexibility index (Phi) is 6.37. The summed E-state index contributed by atoms with van der Waals surface area (Å²) in [5.41, 5.74) is 11.9. The number of ether oxygens (including phenoxy) is 3. The summed E-state index contributed by atoms with van der Waals surface area (Å²) in [6.45, 7) is 8.08. The Hall–Kier alpha value is -3.75. The summed E-state index contributed by atoms with van der Waals surface area (Å²) in [5.74, 6) is 1.10. The predicted octanol–water partition coefficient (Wildman–Crippen LogP) is 4.61. The summed E-state index contributed by atoms with van der Waals surface area (Å²) in [5, 5.41) is 9.68. The summed E-state index contributed by atoms with van der Waals surface area (Å²) in [6.07, 6.45) is 1.34. The molecule has 0 aliphatic carbocycles. The van der Waals surface area contributed by atoms with Crippen molar-refractivity contribution in [2.24, 2.45) is 0 Å². The van der Waals surface area contributed by atoms with E-state index < -0.39 is 6.16 Å². The van der Waals surface area contributed by atoms with Crippen molar-refractivity contribution in [1.29, 1.82) is 0 Å². The molecule has 0 saturated carbocycles. The maximum atomic E-state index is 13.2.